The third kappa shape index (κ3) is 2.14. The highest BCUT2D eigenvalue weighted by molar-refractivity contribution is 6.01. The van der Waals surface area contributed by atoms with Crippen molar-refractivity contribution in [1.29, 1.82) is 0 Å². The van der Waals surface area contributed by atoms with Gasteiger partial charge >= 0.3 is 0 Å². The van der Waals surface area contributed by atoms with Crippen molar-refractivity contribution in [3.63, 3.8) is 0 Å². The Morgan fingerprint density at radius 3 is 3.12 bits per heavy atom. The van der Waals surface area contributed by atoms with Crippen LogP contribution in [0.25, 0.3) is 0 Å². The fourth-order valence-electron chi connectivity index (χ4n) is 1.77. The molecule has 0 spiro atoms. The van der Waals surface area contributed by atoms with E-state index in [4.69, 9.17) is 0 Å². The molecule has 0 aromatic heterocycles. The topological polar surface area (TPSA) is 44.4 Å². The molecule has 0 unspecified atom stereocenters. The highest BCUT2D eigenvalue weighted by Gasteiger charge is 2.21. The minimum atomic E-state index is -0.288. The van der Waals surface area contributed by atoms with Crippen LogP contribution in [0.3, 0.4) is 0 Å². The van der Waals surface area contributed by atoms with E-state index in [1.807, 2.05) is 11.9 Å². The summed E-state index contributed by atoms with van der Waals surface area (Å²) in [4.78, 5) is 13.3. The van der Waals surface area contributed by atoms with Crippen molar-refractivity contribution in [3.05, 3.63) is 24.0 Å². The predicted octanol–water partition coefficient (Wildman–Crippen LogP) is 0.804. The van der Waals surface area contributed by atoms with Crippen LogP contribution in [0.15, 0.2) is 18.2 Å². The van der Waals surface area contributed by atoms with Crippen LogP contribution in [0.4, 0.5) is 15.8 Å². The van der Waals surface area contributed by atoms with E-state index in [2.05, 4.69) is 10.6 Å². The predicted molar refractivity (Wildman–Crippen MR) is 61.2 cm³/mol. The van der Waals surface area contributed by atoms with E-state index < -0.39 is 0 Å². The van der Waals surface area contributed by atoms with Crippen molar-refractivity contribution in [2.24, 2.45) is 0 Å². The third-order valence-electron chi connectivity index (χ3n) is 2.54. The van der Waals surface area contributed by atoms with Gasteiger partial charge in [-0.15, -0.1) is 0 Å². The van der Waals surface area contributed by atoms with Crippen LogP contribution in [0.1, 0.15) is 0 Å². The van der Waals surface area contributed by atoms with Crippen LogP contribution in [-0.2, 0) is 4.79 Å². The third-order valence-corrected chi connectivity index (χ3v) is 2.54. The van der Waals surface area contributed by atoms with Gasteiger partial charge in [0.15, 0.2) is 0 Å². The fraction of sp³-hybridized carbons (Fsp3) is 0.364. The van der Waals surface area contributed by atoms with Gasteiger partial charge in [-0.3, -0.25) is 4.79 Å². The lowest BCUT2D eigenvalue weighted by molar-refractivity contribution is -0.115. The fourth-order valence-corrected chi connectivity index (χ4v) is 1.77. The zero-order valence-corrected chi connectivity index (χ0v) is 9.09. The molecule has 0 atom stereocenters. The summed E-state index contributed by atoms with van der Waals surface area (Å²) in [5, 5.41) is 5.73. The molecule has 1 aromatic carbocycles. The second-order valence-electron chi connectivity index (χ2n) is 3.73. The molecule has 1 amide bonds. The number of halogens is 1. The molecule has 16 heavy (non-hydrogen) atoms. The summed E-state index contributed by atoms with van der Waals surface area (Å²) in [5.74, 6) is -0.348. The zero-order valence-electron chi connectivity index (χ0n) is 9.09. The molecule has 0 aliphatic carbocycles. The SMILES string of the molecule is CNCCN1CC(=O)Nc2ccc(F)cc21. The van der Waals surface area contributed by atoms with E-state index in [-0.39, 0.29) is 18.3 Å². The van der Waals surface area contributed by atoms with Gasteiger partial charge in [0.1, 0.15) is 5.82 Å². The quantitative estimate of drug-likeness (QED) is 0.796. The second-order valence-corrected chi connectivity index (χ2v) is 3.73. The average Bonchev–Trinajstić information content (AvgIpc) is 2.26. The summed E-state index contributed by atoms with van der Waals surface area (Å²) in [6, 6.07) is 4.39. The lowest BCUT2D eigenvalue weighted by Gasteiger charge is -2.30. The summed E-state index contributed by atoms with van der Waals surface area (Å²) in [6.07, 6.45) is 0. The number of carbonyl (C=O) groups excluding carboxylic acids is 1. The summed E-state index contributed by atoms with van der Waals surface area (Å²) < 4.78 is 13.1. The molecule has 2 rings (SSSR count). The van der Waals surface area contributed by atoms with E-state index in [0.717, 1.165) is 12.2 Å². The number of likely N-dealkylation sites (N-methyl/N-ethyl adjacent to an activating group) is 1. The van der Waals surface area contributed by atoms with Crippen molar-refractivity contribution < 1.29 is 9.18 Å². The first-order chi connectivity index (χ1) is 7.70. The number of hydrogen-bond acceptors (Lipinski definition) is 3. The van der Waals surface area contributed by atoms with Gasteiger partial charge in [0, 0.05) is 13.1 Å². The normalized spacial score (nSPS) is 14.6. The van der Waals surface area contributed by atoms with Crippen molar-refractivity contribution in [1.82, 2.24) is 5.32 Å². The number of rotatable bonds is 3. The zero-order chi connectivity index (χ0) is 11.5. The number of fused-ring (bicyclic) bond motifs is 1. The molecule has 5 heteroatoms. The largest absolute Gasteiger partial charge is 0.359 e. The van der Waals surface area contributed by atoms with Crippen molar-refractivity contribution in [2.75, 3.05) is 36.9 Å². The Bertz CT molecular complexity index is 408. The second kappa shape index (κ2) is 4.49. The summed E-state index contributed by atoms with van der Waals surface area (Å²) in [7, 11) is 1.84. The van der Waals surface area contributed by atoms with Crippen molar-refractivity contribution in [2.45, 2.75) is 0 Å². The van der Waals surface area contributed by atoms with Gasteiger partial charge in [0.25, 0.3) is 0 Å². The summed E-state index contributed by atoms with van der Waals surface area (Å²) in [6.45, 7) is 1.71. The molecule has 0 saturated heterocycles. The van der Waals surface area contributed by atoms with Gasteiger partial charge in [-0.1, -0.05) is 0 Å². The van der Waals surface area contributed by atoms with Crippen LogP contribution < -0.4 is 15.5 Å². The Kier molecular flexibility index (Phi) is 3.05. The van der Waals surface area contributed by atoms with Crippen LogP contribution in [0, 0.1) is 5.82 Å². The van der Waals surface area contributed by atoms with E-state index in [9.17, 15) is 9.18 Å². The van der Waals surface area contributed by atoms with E-state index in [1.165, 1.54) is 12.1 Å². The Morgan fingerprint density at radius 1 is 1.56 bits per heavy atom. The molecule has 0 saturated carbocycles. The average molecular weight is 223 g/mol. The van der Waals surface area contributed by atoms with Gasteiger partial charge in [-0.25, -0.2) is 4.39 Å². The van der Waals surface area contributed by atoms with Gasteiger partial charge < -0.3 is 15.5 Å². The summed E-state index contributed by atoms with van der Waals surface area (Å²) in [5.41, 5.74) is 1.42. The maximum Gasteiger partial charge on any atom is 0.243 e. The molecule has 1 aromatic rings. The number of nitrogens with one attached hydrogen (secondary N) is 2. The van der Waals surface area contributed by atoms with E-state index in [0.29, 0.717) is 12.2 Å². The number of anilines is 2. The first-order valence-electron chi connectivity index (χ1n) is 5.19. The summed E-state index contributed by atoms with van der Waals surface area (Å²) >= 11 is 0. The number of nitrogens with zero attached hydrogens (tertiary/aromatic N) is 1. The number of hydrogen-bond donors (Lipinski definition) is 2. The highest BCUT2D eigenvalue weighted by Crippen LogP contribution is 2.29. The molecule has 86 valence electrons. The van der Waals surface area contributed by atoms with Crippen LogP contribution in [0.2, 0.25) is 0 Å². The highest BCUT2D eigenvalue weighted by atomic mass is 19.1. The lowest BCUT2D eigenvalue weighted by atomic mass is 10.2. The number of amides is 1. The Balaban J connectivity index is 2.28. The molecule has 4 nitrogen and oxygen atoms in total. The van der Waals surface area contributed by atoms with Gasteiger partial charge in [-0.05, 0) is 25.2 Å². The molecule has 1 aliphatic heterocycles. The van der Waals surface area contributed by atoms with Gasteiger partial charge in [0.05, 0.1) is 17.9 Å². The minimum absolute atomic E-state index is 0.0600. The van der Waals surface area contributed by atoms with E-state index >= 15 is 0 Å². The lowest BCUT2D eigenvalue weighted by Crippen LogP contribution is -2.41. The molecule has 0 bridgehead atoms. The number of benzene rings is 1. The van der Waals surface area contributed by atoms with Crippen LogP contribution in [0.5, 0.6) is 0 Å². The maximum atomic E-state index is 13.1. The van der Waals surface area contributed by atoms with Gasteiger partial charge in [0.2, 0.25) is 5.91 Å². The first-order valence-corrected chi connectivity index (χ1v) is 5.19. The van der Waals surface area contributed by atoms with Crippen molar-refractivity contribution >= 4 is 17.3 Å². The molecule has 2 N–H and O–H groups in total. The van der Waals surface area contributed by atoms with E-state index in [1.54, 1.807) is 6.07 Å². The molecular formula is C11H14FN3O. The minimum Gasteiger partial charge on any atom is -0.359 e. The Labute approximate surface area is 93.4 Å². The smallest absolute Gasteiger partial charge is 0.243 e. The Morgan fingerprint density at radius 2 is 2.38 bits per heavy atom. The Hall–Kier alpha value is -1.62. The first kappa shape index (κ1) is 10.9. The monoisotopic (exact) mass is 223 g/mol. The maximum absolute atomic E-state index is 13.1. The molecule has 0 radical (unpaired) electrons. The van der Waals surface area contributed by atoms with Gasteiger partial charge in [-0.2, -0.15) is 0 Å². The van der Waals surface area contributed by atoms with Crippen LogP contribution >= 0.6 is 0 Å². The molecule has 0 fully saturated rings. The molecule has 1 heterocycles. The van der Waals surface area contributed by atoms with Crippen LogP contribution in [-0.4, -0.2) is 32.6 Å². The van der Waals surface area contributed by atoms with Crippen molar-refractivity contribution in [3.8, 4) is 0 Å². The molecule has 1 aliphatic rings. The standard InChI is InChI=1S/C11H14FN3O/c1-13-4-5-15-7-11(16)14-9-3-2-8(12)6-10(9)15/h2-3,6,13H,4-5,7H2,1H3,(H,14,16). The molecular weight excluding hydrogens is 209 g/mol. The number of carbonyl (C=O) groups is 1.